The van der Waals surface area contributed by atoms with Crippen LogP contribution in [0.5, 0.6) is 0 Å². The first kappa shape index (κ1) is 17.5. The second-order valence-electron chi connectivity index (χ2n) is 7.37. The summed E-state index contributed by atoms with van der Waals surface area (Å²) >= 11 is 0. The third-order valence-electron chi connectivity index (χ3n) is 5.94. The van der Waals surface area contributed by atoms with Crippen LogP contribution in [0.15, 0.2) is 4.99 Å². The van der Waals surface area contributed by atoms with Crippen LogP contribution in [0, 0.1) is 11.3 Å². The minimum absolute atomic E-state index is 0.0496. The van der Waals surface area contributed by atoms with Gasteiger partial charge in [0, 0.05) is 51.2 Å². The molecule has 2 aliphatic rings. The standard InChI is InChI=1S/C17H33N3O2/c1-7-22-12-13-8-9-20(11-13)15(18-5)19-14-10-17(4,21-6)16(14,2)3/h13-14H,7-12H2,1-6H3,(H,18,19). The van der Waals surface area contributed by atoms with Gasteiger partial charge in [-0.3, -0.25) is 4.99 Å². The molecular formula is C17H33N3O2. The highest BCUT2D eigenvalue weighted by atomic mass is 16.5. The van der Waals surface area contributed by atoms with Crippen molar-refractivity contribution < 1.29 is 9.47 Å². The van der Waals surface area contributed by atoms with Crippen molar-refractivity contribution >= 4 is 5.96 Å². The molecule has 128 valence electrons. The Morgan fingerprint density at radius 1 is 1.36 bits per heavy atom. The van der Waals surface area contributed by atoms with Crippen molar-refractivity contribution in [1.82, 2.24) is 10.2 Å². The van der Waals surface area contributed by atoms with Gasteiger partial charge in [0.1, 0.15) is 0 Å². The molecule has 2 fully saturated rings. The van der Waals surface area contributed by atoms with Crippen molar-refractivity contribution in [3.8, 4) is 0 Å². The fraction of sp³-hybridized carbons (Fsp3) is 0.941. The first-order valence-corrected chi connectivity index (χ1v) is 8.49. The van der Waals surface area contributed by atoms with Crippen LogP contribution in [0.2, 0.25) is 0 Å². The molecule has 1 aliphatic heterocycles. The minimum atomic E-state index is -0.0496. The second-order valence-corrected chi connectivity index (χ2v) is 7.37. The molecule has 3 unspecified atom stereocenters. The number of nitrogens with zero attached hydrogens (tertiary/aromatic N) is 2. The second kappa shape index (κ2) is 6.75. The van der Waals surface area contributed by atoms with Gasteiger partial charge in [-0.1, -0.05) is 13.8 Å². The Morgan fingerprint density at radius 3 is 2.64 bits per heavy atom. The van der Waals surface area contributed by atoms with E-state index in [9.17, 15) is 0 Å². The fourth-order valence-corrected chi connectivity index (χ4v) is 3.62. The van der Waals surface area contributed by atoms with E-state index in [4.69, 9.17) is 9.47 Å². The summed E-state index contributed by atoms with van der Waals surface area (Å²) in [5.74, 6) is 1.65. The SMILES string of the molecule is CCOCC1CCN(C(=NC)NC2CC(C)(OC)C2(C)C)C1. The van der Waals surface area contributed by atoms with Crippen molar-refractivity contribution in [3.63, 3.8) is 0 Å². The number of ether oxygens (including phenoxy) is 2. The number of nitrogens with one attached hydrogen (secondary N) is 1. The largest absolute Gasteiger partial charge is 0.381 e. The molecule has 5 heteroatoms. The zero-order chi connectivity index (χ0) is 16.4. The maximum absolute atomic E-state index is 5.71. The molecule has 1 saturated heterocycles. The molecule has 0 aromatic carbocycles. The molecule has 2 rings (SSSR count). The molecule has 1 N–H and O–H groups in total. The lowest BCUT2D eigenvalue weighted by Crippen LogP contribution is -2.69. The highest BCUT2D eigenvalue weighted by molar-refractivity contribution is 5.80. The molecule has 0 radical (unpaired) electrons. The number of rotatable bonds is 5. The van der Waals surface area contributed by atoms with Crippen LogP contribution in [0.1, 0.15) is 40.5 Å². The van der Waals surface area contributed by atoms with Gasteiger partial charge in [0.05, 0.1) is 12.2 Å². The lowest BCUT2D eigenvalue weighted by atomic mass is 9.56. The summed E-state index contributed by atoms with van der Waals surface area (Å²) in [6, 6.07) is 0.405. The van der Waals surface area contributed by atoms with Crippen molar-refractivity contribution in [2.45, 2.75) is 52.2 Å². The van der Waals surface area contributed by atoms with E-state index in [0.717, 1.165) is 38.7 Å². The van der Waals surface area contributed by atoms with E-state index in [-0.39, 0.29) is 11.0 Å². The van der Waals surface area contributed by atoms with Gasteiger partial charge in [-0.15, -0.1) is 0 Å². The van der Waals surface area contributed by atoms with Crippen LogP contribution in [-0.4, -0.2) is 63.0 Å². The summed E-state index contributed by atoms with van der Waals surface area (Å²) in [6.07, 6.45) is 2.20. The van der Waals surface area contributed by atoms with Crippen LogP contribution in [-0.2, 0) is 9.47 Å². The molecule has 1 heterocycles. The Labute approximate surface area is 135 Å². The van der Waals surface area contributed by atoms with Gasteiger partial charge in [0.25, 0.3) is 0 Å². The number of aliphatic imine (C=N–C) groups is 1. The quantitative estimate of drug-likeness (QED) is 0.624. The molecule has 3 atom stereocenters. The van der Waals surface area contributed by atoms with E-state index in [1.807, 2.05) is 14.2 Å². The first-order valence-electron chi connectivity index (χ1n) is 8.49. The van der Waals surface area contributed by atoms with E-state index in [0.29, 0.717) is 12.0 Å². The minimum Gasteiger partial charge on any atom is -0.381 e. The molecule has 1 aliphatic carbocycles. The first-order chi connectivity index (χ1) is 10.4. The van der Waals surface area contributed by atoms with Gasteiger partial charge in [-0.05, 0) is 26.7 Å². The summed E-state index contributed by atoms with van der Waals surface area (Å²) in [4.78, 5) is 6.86. The Balaban J connectivity index is 1.90. The van der Waals surface area contributed by atoms with Crippen LogP contribution in [0.25, 0.3) is 0 Å². The zero-order valence-electron chi connectivity index (χ0n) is 15.1. The van der Waals surface area contributed by atoms with Gasteiger partial charge in [0.2, 0.25) is 0 Å². The normalized spacial score (nSPS) is 34.6. The Hall–Kier alpha value is -0.810. The summed E-state index contributed by atoms with van der Waals surface area (Å²) in [6.45, 7) is 12.6. The third kappa shape index (κ3) is 3.11. The third-order valence-corrected chi connectivity index (χ3v) is 5.94. The topological polar surface area (TPSA) is 46.1 Å². The van der Waals surface area contributed by atoms with E-state index < -0.39 is 0 Å². The van der Waals surface area contributed by atoms with Crippen LogP contribution < -0.4 is 5.32 Å². The average molecular weight is 311 g/mol. The highest BCUT2D eigenvalue weighted by Gasteiger charge is 2.58. The van der Waals surface area contributed by atoms with Gasteiger partial charge in [0.15, 0.2) is 5.96 Å². The van der Waals surface area contributed by atoms with E-state index in [1.165, 1.54) is 6.42 Å². The Bertz CT molecular complexity index is 411. The molecule has 0 bridgehead atoms. The van der Waals surface area contributed by atoms with Crippen molar-refractivity contribution in [1.29, 1.82) is 0 Å². The molecule has 1 saturated carbocycles. The fourth-order valence-electron chi connectivity index (χ4n) is 3.62. The lowest BCUT2D eigenvalue weighted by Gasteiger charge is -2.59. The summed E-state index contributed by atoms with van der Waals surface area (Å²) < 4.78 is 11.3. The zero-order valence-corrected chi connectivity index (χ0v) is 15.1. The van der Waals surface area contributed by atoms with Gasteiger partial charge in [-0.2, -0.15) is 0 Å². The van der Waals surface area contributed by atoms with Crippen LogP contribution in [0.3, 0.4) is 0 Å². The Morgan fingerprint density at radius 2 is 2.09 bits per heavy atom. The molecular weight excluding hydrogens is 278 g/mol. The van der Waals surface area contributed by atoms with Gasteiger partial charge < -0.3 is 19.7 Å². The molecule has 22 heavy (non-hydrogen) atoms. The summed E-state index contributed by atoms with van der Waals surface area (Å²) in [7, 11) is 3.69. The maximum Gasteiger partial charge on any atom is 0.193 e. The van der Waals surface area contributed by atoms with E-state index >= 15 is 0 Å². The molecule has 0 amide bonds. The molecule has 0 aromatic heterocycles. The van der Waals surface area contributed by atoms with Crippen LogP contribution >= 0.6 is 0 Å². The number of methoxy groups -OCH3 is 1. The van der Waals surface area contributed by atoms with E-state index in [1.54, 1.807) is 0 Å². The number of hydrogen-bond acceptors (Lipinski definition) is 3. The summed E-state index contributed by atoms with van der Waals surface area (Å²) in [5.41, 5.74) is 0.0498. The molecule has 0 aromatic rings. The molecule has 5 nitrogen and oxygen atoms in total. The summed E-state index contributed by atoms with van der Waals surface area (Å²) in [5, 5.41) is 3.66. The Kier molecular flexibility index (Phi) is 5.38. The highest BCUT2D eigenvalue weighted by Crippen LogP contribution is 2.51. The van der Waals surface area contributed by atoms with Crippen LogP contribution in [0.4, 0.5) is 0 Å². The molecule has 0 spiro atoms. The monoisotopic (exact) mass is 311 g/mol. The smallest absolute Gasteiger partial charge is 0.193 e. The van der Waals surface area contributed by atoms with Gasteiger partial charge >= 0.3 is 0 Å². The maximum atomic E-state index is 5.71. The van der Waals surface area contributed by atoms with Gasteiger partial charge in [-0.25, -0.2) is 0 Å². The lowest BCUT2D eigenvalue weighted by molar-refractivity contribution is -0.176. The average Bonchev–Trinajstić information content (AvgIpc) is 2.97. The van der Waals surface area contributed by atoms with E-state index in [2.05, 4.69) is 42.9 Å². The number of hydrogen-bond donors (Lipinski definition) is 1. The number of guanidine groups is 1. The predicted octanol–water partition coefficient (Wildman–Crippen LogP) is 2.12. The van der Waals surface area contributed by atoms with Crippen molar-refractivity contribution in [3.05, 3.63) is 0 Å². The predicted molar refractivity (Wildman–Crippen MR) is 90.3 cm³/mol. The number of likely N-dealkylation sites (tertiary alicyclic amines) is 1. The van der Waals surface area contributed by atoms with Crippen molar-refractivity contribution in [2.75, 3.05) is 40.5 Å². The van der Waals surface area contributed by atoms with Crippen molar-refractivity contribution in [2.24, 2.45) is 16.3 Å².